The van der Waals surface area contributed by atoms with E-state index in [1.807, 2.05) is 0 Å². The van der Waals surface area contributed by atoms with Gasteiger partial charge < -0.3 is 4.74 Å². The van der Waals surface area contributed by atoms with Gasteiger partial charge in [-0.25, -0.2) is 8.42 Å². The Balaban J connectivity index is 1.70. The molecular weight excluding hydrogens is 440 g/mol. The van der Waals surface area contributed by atoms with Gasteiger partial charge in [-0.1, -0.05) is 18.2 Å². The van der Waals surface area contributed by atoms with E-state index in [1.54, 1.807) is 25.2 Å². The number of rotatable bonds is 7. The molecule has 2 aromatic carbocycles. The van der Waals surface area contributed by atoms with Crippen molar-refractivity contribution in [1.82, 2.24) is 4.31 Å². The van der Waals surface area contributed by atoms with Crippen molar-refractivity contribution in [3.8, 4) is 5.75 Å². The third-order valence-corrected chi connectivity index (χ3v) is 7.62. The average molecular weight is 456 g/mol. The molecule has 1 aromatic heterocycles. The topological polar surface area (TPSA) is 63.7 Å². The number of nitrogens with zero attached hydrogens (tertiary/aromatic N) is 1. The molecule has 29 heavy (non-hydrogen) atoms. The van der Waals surface area contributed by atoms with Crippen LogP contribution in [0.1, 0.15) is 10.4 Å². The van der Waals surface area contributed by atoms with Gasteiger partial charge in [-0.2, -0.15) is 8.78 Å². The van der Waals surface area contributed by atoms with Crippen molar-refractivity contribution in [2.45, 2.75) is 20.6 Å². The van der Waals surface area contributed by atoms with E-state index in [0.29, 0.717) is 4.21 Å². The van der Waals surface area contributed by atoms with E-state index in [1.165, 1.54) is 63.5 Å². The lowest BCUT2D eigenvalue weighted by Gasteiger charge is -2.15. The second-order valence-corrected chi connectivity index (χ2v) is 10.0. The first-order valence-corrected chi connectivity index (χ1v) is 11.3. The molecule has 10 heteroatoms. The molecule has 0 spiro atoms. The van der Waals surface area contributed by atoms with Gasteiger partial charge in [0.05, 0.1) is 14.0 Å². The van der Waals surface area contributed by atoms with Crippen molar-refractivity contribution < 1.29 is 26.7 Å². The molecule has 0 saturated heterocycles. The number of sulfone groups is 1. The molecule has 0 N–H and O–H groups in total. The number of hydrogen-bond acceptors (Lipinski definition) is 6. The van der Waals surface area contributed by atoms with Crippen LogP contribution in [0.3, 0.4) is 0 Å². The largest absolute Gasteiger partial charge is 0.435 e. The summed E-state index contributed by atoms with van der Waals surface area (Å²) in [4.78, 5) is 12.9. The molecule has 0 aliphatic rings. The zero-order valence-electron chi connectivity index (χ0n) is 15.0. The third kappa shape index (κ3) is 5.14. The van der Waals surface area contributed by atoms with Gasteiger partial charge in [0, 0.05) is 29.9 Å². The summed E-state index contributed by atoms with van der Waals surface area (Å²) in [7, 11) is -2.08. The van der Waals surface area contributed by atoms with E-state index in [0.717, 1.165) is 11.9 Å². The van der Waals surface area contributed by atoms with E-state index < -0.39 is 16.4 Å². The second kappa shape index (κ2) is 8.93. The lowest BCUT2D eigenvalue weighted by Crippen LogP contribution is -2.19. The van der Waals surface area contributed by atoms with Gasteiger partial charge in [-0.15, -0.1) is 11.3 Å². The Labute approximate surface area is 175 Å². The van der Waals surface area contributed by atoms with Crippen molar-refractivity contribution in [2.24, 2.45) is 0 Å². The molecule has 0 bridgehead atoms. The molecule has 3 rings (SSSR count). The van der Waals surface area contributed by atoms with Crippen LogP contribution in [-0.4, -0.2) is 32.3 Å². The molecule has 0 radical (unpaired) electrons. The molecule has 0 unspecified atom stereocenters. The maximum atomic E-state index is 12.6. The van der Waals surface area contributed by atoms with Crippen LogP contribution in [0.4, 0.5) is 8.78 Å². The molecule has 0 fully saturated rings. The minimum Gasteiger partial charge on any atom is -0.435 e. The average Bonchev–Trinajstić information content (AvgIpc) is 3.17. The molecular formula is C19H15F2NO4S3. The van der Waals surface area contributed by atoms with Crippen molar-refractivity contribution in [2.75, 3.05) is 7.05 Å². The first-order valence-electron chi connectivity index (χ1n) is 8.17. The van der Waals surface area contributed by atoms with Crippen LogP contribution in [0.15, 0.2) is 80.0 Å². The van der Waals surface area contributed by atoms with Crippen molar-refractivity contribution in [3.05, 3.63) is 71.6 Å². The fraction of sp³-hybridized carbons (Fsp3) is 0.105. The van der Waals surface area contributed by atoms with E-state index in [-0.39, 0.29) is 27.0 Å². The summed E-state index contributed by atoms with van der Waals surface area (Å²) in [6, 6.07) is 14.9. The molecule has 3 aromatic rings. The van der Waals surface area contributed by atoms with Gasteiger partial charge in [-0.3, -0.25) is 9.10 Å². The summed E-state index contributed by atoms with van der Waals surface area (Å²) in [5.74, 6) is -0.402. The summed E-state index contributed by atoms with van der Waals surface area (Å²) in [6.07, 6.45) is 0. The third-order valence-electron chi connectivity index (χ3n) is 3.75. The van der Waals surface area contributed by atoms with Gasteiger partial charge in [0.2, 0.25) is 9.84 Å². The Bertz CT molecular complexity index is 1080. The molecule has 0 saturated carbocycles. The van der Waals surface area contributed by atoms with E-state index in [4.69, 9.17) is 0 Å². The van der Waals surface area contributed by atoms with Crippen LogP contribution < -0.4 is 4.74 Å². The Morgan fingerprint density at radius 3 is 2.34 bits per heavy atom. The SMILES string of the molecule is CN(Sc1cc(S(=O)(=O)c2ccccc2)cs1)C(=O)c1ccc(OC(F)F)cc1. The lowest BCUT2D eigenvalue weighted by atomic mass is 10.2. The number of carbonyl (C=O) groups is 1. The van der Waals surface area contributed by atoms with E-state index in [9.17, 15) is 22.0 Å². The van der Waals surface area contributed by atoms with E-state index in [2.05, 4.69) is 4.74 Å². The predicted molar refractivity (Wildman–Crippen MR) is 107 cm³/mol. The van der Waals surface area contributed by atoms with Gasteiger partial charge in [0.25, 0.3) is 5.91 Å². The summed E-state index contributed by atoms with van der Waals surface area (Å²) in [5, 5.41) is 1.53. The Morgan fingerprint density at radius 1 is 1.07 bits per heavy atom. The summed E-state index contributed by atoms with van der Waals surface area (Å²) >= 11 is 2.29. The number of amides is 1. The molecule has 1 heterocycles. The van der Waals surface area contributed by atoms with Gasteiger partial charge in [0.15, 0.2) is 0 Å². The van der Waals surface area contributed by atoms with Crippen LogP contribution in [0.5, 0.6) is 5.75 Å². The maximum absolute atomic E-state index is 12.6. The molecule has 0 aliphatic carbocycles. The van der Waals surface area contributed by atoms with Gasteiger partial charge >= 0.3 is 6.61 Å². The fourth-order valence-corrected chi connectivity index (χ4v) is 6.01. The summed E-state index contributed by atoms with van der Waals surface area (Å²) in [5.41, 5.74) is 0.287. The van der Waals surface area contributed by atoms with E-state index >= 15 is 0 Å². The quantitative estimate of drug-likeness (QED) is 0.471. The zero-order chi connectivity index (χ0) is 21.0. The number of halogens is 2. The smallest absolute Gasteiger partial charge is 0.387 e. The number of thiophene rings is 1. The standard InChI is InChI=1S/C19H15F2NO4S3/c1-22(18(23)13-7-9-14(10-8-13)26-19(20)21)28-17-11-16(12-27-17)29(24,25)15-5-3-2-4-6-15/h2-12,19H,1H3. The molecule has 1 amide bonds. The minimum absolute atomic E-state index is 0.0409. The highest BCUT2D eigenvalue weighted by molar-refractivity contribution is 7.99. The molecule has 0 aliphatic heterocycles. The summed E-state index contributed by atoms with van der Waals surface area (Å²) < 4.78 is 55.9. The molecule has 5 nitrogen and oxygen atoms in total. The highest BCUT2D eigenvalue weighted by Gasteiger charge is 2.21. The van der Waals surface area contributed by atoms with Crippen LogP contribution >= 0.6 is 23.3 Å². The van der Waals surface area contributed by atoms with Crippen LogP contribution in [0.2, 0.25) is 0 Å². The fourth-order valence-electron chi connectivity index (χ4n) is 2.36. The Morgan fingerprint density at radius 2 is 1.72 bits per heavy atom. The Kier molecular flexibility index (Phi) is 6.56. The monoisotopic (exact) mass is 455 g/mol. The molecule has 152 valence electrons. The summed E-state index contributed by atoms with van der Waals surface area (Å²) in [6.45, 7) is -2.94. The number of ether oxygens (including phenoxy) is 1. The number of alkyl halides is 2. The first-order chi connectivity index (χ1) is 13.8. The number of carbonyl (C=O) groups excluding carboxylic acids is 1. The van der Waals surface area contributed by atoms with Crippen LogP contribution in [0, 0.1) is 0 Å². The first kappa shape index (κ1) is 21.3. The Hall–Kier alpha value is -2.43. The zero-order valence-corrected chi connectivity index (χ0v) is 17.4. The lowest BCUT2D eigenvalue weighted by molar-refractivity contribution is -0.0498. The second-order valence-electron chi connectivity index (χ2n) is 5.71. The highest BCUT2D eigenvalue weighted by atomic mass is 32.2. The number of benzene rings is 2. The normalized spacial score (nSPS) is 11.4. The highest BCUT2D eigenvalue weighted by Crippen LogP contribution is 2.33. The maximum Gasteiger partial charge on any atom is 0.387 e. The van der Waals surface area contributed by atoms with Crippen LogP contribution in [-0.2, 0) is 9.84 Å². The van der Waals surface area contributed by atoms with Crippen molar-refractivity contribution >= 4 is 39.0 Å². The molecule has 0 atom stereocenters. The van der Waals surface area contributed by atoms with Crippen LogP contribution in [0.25, 0.3) is 0 Å². The predicted octanol–water partition coefficient (Wildman–Crippen LogP) is 4.96. The minimum atomic E-state index is -3.62. The number of hydrogen-bond donors (Lipinski definition) is 0. The van der Waals surface area contributed by atoms with Crippen molar-refractivity contribution in [3.63, 3.8) is 0 Å². The van der Waals surface area contributed by atoms with Gasteiger partial charge in [0.1, 0.15) is 5.75 Å². The van der Waals surface area contributed by atoms with Gasteiger partial charge in [-0.05, 0) is 42.5 Å². The van der Waals surface area contributed by atoms with Crippen molar-refractivity contribution in [1.29, 1.82) is 0 Å².